The summed E-state index contributed by atoms with van der Waals surface area (Å²) in [5, 5.41) is 0. The average molecular weight is 270 g/mol. The van der Waals surface area contributed by atoms with Crippen molar-refractivity contribution < 1.29 is 13.7 Å². The maximum Gasteiger partial charge on any atom is 0.532 e. The molecule has 1 aromatic heterocycles. The maximum absolute atomic E-state index is 5.98. The summed E-state index contributed by atoms with van der Waals surface area (Å²) < 4.78 is 17.9. The van der Waals surface area contributed by atoms with Crippen molar-refractivity contribution in [3.05, 3.63) is 42.5 Å². The van der Waals surface area contributed by atoms with Crippen LogP contribution in [0.1, 0.15) is 27.7 Å². The van der Waals surface area contributed by atoms with Crippen LogP contribution in [0, 0.1) is 0 Å². The third-order valence-electron chi connectivity index (χ3n) is 4.17. The Bertz CT molecular complexity index is 585. The molecule has 4 heteroatoms. The monoisotopic (exact) mass is 270 g/mol. The van der Waals surface area contributed by atoms with Crippen molar-refractivity contribution >= 4 is 12.8 Å². The molecule has 0 unspecified atom stereocenters. The highest BCUT2D eigenvalue weighted by Gasteiger charge is 2.53. The zero-order valence-corrected chi connectivity index (χ0v) is 12.3. The van der Waals surface area contributed by atoms with Gasteiger partial charge in [0.05, 0.1) is 11.2 Å². The molecule has 2 heterocycles. The minimum Gasteiger partial charge on any atom is -0.465 e. The molecule has 3 nitrogen and oxygen atoms in total. The van der Waals surface area contributed by atoms with Gasteiger partial charge in [0.2, 0.25) is 0 Å². The van der Waals surface area contributed by atoms with Gasteiger partial charge in [-0.05, 0) is 39.8 Å². The highest BCUT2D eigenvalue weighted by Crippen LogP contribution is 2.36. The van der Waals surface area contributed by atoms with Crippen molar-refractivity contribution in [1.29, 1.82) is 0 Å². The summed E-state index contributed by atoms with van der Waals surface area (Å²) in [6, 6.07) is 13.9. The van der Waals surface area contributed by atoms with Gasteiger partial charge < -0.3 is 13.7 Å². The van der Waals surface area contributed by atoms with Crippen LogP contribution < -0.4 is 5.66 Å². The Labute approximate surface area is 120 Å². The molecule has 0 saturated carbocycles. The predicted octanol–water partition coefficient (Wildman–Crippen LogP) is 3.25. The van der Waals surface area contributed by atoms with Gasteiger partial charge in [0.15, 0.2) is 0 Å². The topological polar surface area (TPSA) is 31.6 Å². The van der Waals surface area contributed by atoms with Gasteiger partial charge in [0, 0.05) is 5.56 Å². The van der Waals surface area contributed by atoms with E-state index in [-0.39, 0.29) is 11.2 Å². The fourth-order valence-electron chi connectivity index (χ4n) is 2.20. The quantitative estimate of drug-likeness (QED) is 0.785. The van der Waals surface area contributed by atoms with E-state index in [1.807, 2.05) is 70.2 Å². The summed E-state index contributed by atoms with van der Waals surface area (Å²) in [7, 11) is -0.447. The highest BCUT2D eigenvalue weighted by atomic mass is 16.7. The molecule has 104 valence electrons. The maximum atomic E-state index is 5.98. The largest absolute Gasteiger partial charge is 0.532 e. The molecule has 0 bridgehead atoms. The van der Waals surface area contributed by atoms with E-state index < -0.39 is 7.12 Å². The predicted molar refractivity (Wildman–Crippen MR) is 79.9 cm³/mol. The smallest absolute Gasteiger partial charge is 0.465 e. The van der Waals surface area contributed by atoms with Gasteiger partial charge >= 0.3 is 7.12 Å². The lowest BCUT2D eigenvalue weighted by atomic mass is 9.86. The molecule has 2 aromatic rings. The Morgan fingerprint density at radius 1 is 0.800 bits per heavy atom. The van der Waals surface area contributed by atoms with Crippen LogP contribution in [-0.4, -0.2) is 18.3 Å². The lowest BCUT2D eigenvalue weighted by molar-refractivity contribution is 0.00578. The highest BCUT2D eigenvalue weighted by molar-refractivity contribution is 6.60. The second-order valence-electron chi connectivity index (χ2n) is 6.16. The standard InChI is InChI=1S/C16H19BO3/c1-15(2)16(3,4)20-17(19-15)14-11-10-13(18-14)12-8-6-5-7-9-12/h5-11H,1-4H3. The summed E-state index contributed by atoms with van der Waals surface area (Å²) >= 11 is 0. The minimum absolute atomic E-state index is 0.350. The lowest BCUT2D eigenvalue weighted by Crippen LogP contribution is -2.41. The fourth-order valence-corrected chi connectivity index (χ4v) is 2.20. The minimum atomic E-state index is -0.447. The van der Waals surface area contributed by atoms with Crippen molar-refractivity contribution in [2.45, 2.75) is 38.9 Å². The normalized spacial score (nSPS) is 20.3. The molecule has 0 aliphatic carbocycles. The number of hydrogen-bond donors (Lipinski definition) is 0. The molecule has 3 rings (SSSR count). The molecule has 1 fully saturated rings. The Morgan fingerprint density at radius 2 is 1.40 bits per heavy atom. The molecule has 0 radical (unpaired) electrons. The van der Waals surface area contributed by atoms with Crippen LogP contribution in [0.2, 0.25) is 0 Å². The molecule has 20 heavy (non-hydrogen) atoms. The lowest BCUT2D eigenvalue weighted by Gasteiger charge is -2.32. The van der Waals surface area contributed by atoms with E-state index in [1.54, 1.807) is 0 Å². The SMILES string of the molecule is CC1(C)OB(c2ccc(-c3ccccc3)o2)OC1(C)C. The van der Waals surface area contributed by atoms with Crippen molar-refractivity contribution in [2.75, 3.05) is 0 Å². The molecule has 1 aromatic carbocycles. The molecule has 0 spiro atoms. The summed E-state index contributed by atoms with van der Waals surface area (Å²) in [4.78, 5) is 0. The van der Waals surface area contributed by atoms with Gasteiger partial charge in [0.25, 0.3) is 0 Å². The van der Waals surface area contributed by atoms with Crippen LogP contribution in [0.15, 0.2) is 46.9 Å². The first kappa shape index (κ1) is 13.5. The molecule has 1 aliphatic heterocycles. The first-order valence-electron chi connectivity index (χ1n) is 6.90. The van der Waals surface area contributed by atoms with Crippen molar-refractivity contribution in [2.24, 2.45) is 0 Å². The van der Waals surface area contributed by atoms with Gasteiger partial charge in [-0.3, -0.25) is 0 Å². The molecular weight excluding hydrogens is 251 g/mol. The van der Waals surface area contributed by atoms with Crippen LogP contribution >= 0.6 is 0 Å². The van der Waals surface area contributed by atoms with E-state index in [2.05, 4.69) is 0 Å². The van der Waals surface area contributed by atoms with E-state index in [0.717, 1.165) is 11.3 Å². The van der Waals surface area contributed by atoms with Gasteiger partial charge in [-0.25, -0.2) is 0 Å². The van der Waals surface area contributed by atoms with E-state index in [1.165, 1.54) is 0 Å². The van der Waals surface area contributed by atoms with Crippen LogP contribution in [-0.2, 0) is 9.31 Å². The van der Waals surface area contributed by atoms with Crippen LogP contribution in [0.25, 0.3) is 11.3 Å². The van der Waals surface area contributed by atoms with Gasteiger partial charge in [0.1, 0.15) is 11.4 Å². The first-order chi connectivity index (χ1) is 9.39. The molecule has 0 amide bonds. The Balaban J connectivity index is 1.86. The Kier molecular flexibility index (Phi) is 3.03. The van der Waals surface area contributed by atoms with Crippen molar-refractivity contribution in [3.63, 3.8) is 0 Å². The molecule has 0 N–H and O–H groups in total. The van der Waals surface area contributed by atoms with Gasteiger partial charge in [-0.15, -0.1) is 0 Å². The third-order valence-corrected chi connectivity index (χ3v) is 4.17. The number of benzene rings is 1. The second kappa shape index (κ2) is 4.50. The molecular formula is C16H19BO3. The summed E-state index contributed by atoms with van der Waals surface area (Å²) in [6.07, 6.45) is 0. The number of furan rings is 1. The van der Waals surface area contributed by atoms with E-state index in [0.29, 0.717) is 5.66 Å². The third kappa shape index (κ3) is 2.19. The summed E-state index contributed by atoms with van der Waals surface area (Å²) in [6.45, 7) is 8.14. The molecule has 0 atom stereocenters. The van der Waals surface area contributed by atoms with E-state index in [4.69, 9.17) is 13.7 Å². The Hall–Kier alpha value is -1.52. The van der Waals surface area contributed by atoms with Crippen molar-refractivity contribution in [3.8, 4) is 11.3 Å². The molecule has 1 aliphatic rings. The summed E-state index contributed by atoms with van der Waals surface area (Å²) in [5.74, 6) is 0.829. The molecule has 1 saturated heterocycles. The van der Waals surface area contributed by atoms with Crippen molar-refractivity contribution in [1.82, 2.24) is 0 Å². The van der Waals surface area contributed by atoms with E-state index in [9.17, 15) is 0 Å². The second-order valence-corrected chi connectivity index (χ2v) is 6.16. The van der Waals surface area contributed by atoms with Crippen LogP contribution in [0.5, 0.6) is 0 Å². The van der Waals surface area contributed by atoms with Crippen LogP contribution in [0.3, 0.4) is 0 Å². The fraction of sp³-hybridized carbons (Fsp3) is 0.375. The summed E-state index contributed by atoms with van der Waals surface area (Å²) in [5.41, 5.74) is 1.06. The van der Waals surface area contributed by atoms with Crippen LogP contribution in [0.4, 0.5) is 0 Å². The average Bonchev–Trinajstić information content (AvgIpc) is 2.94. The zero-order chi connectivity index (χ0) is 14.4. The number of hydrogen-bond acceptors (Lipinski definition) is 3. The first-order valence-corrected chi connectivity index (χ1v) is 6.90. The van der Waals surface area contributed by atoms with Gasteiger partial charge in [-0.1, -0.05) is 30.3 Å². The van der Waals surface area contributed by atoms with Gasteiger partial charge in [-0.2, -0.15) is 0 Å². The number of rotatable bonds is 2. The van der Waals surface area contributed by atoms with E-state index >= 15 is 0 Å². The Morgan fingerprint density at radius 3 is 2.00 bits per heavy atom. The zero-order valence-electron chi connectivity index (χ0n) is 12.3.